The van der Waals surface area contributed by atoms with Gasteiger partial charge in [-0.05, 0) is 22.0 Å². The molecule has 1 aromatic carbocycles. The number of hydrogen-bond acceptors (Lipinski definition) is 5. The van der Waals surface area contributed by atoms with Gasteiger partial charge in [0.05, 0.1) is 9.40 Å². The number of carboxylic acid groups (broad SMARTS) is 1. The maximum absolute atomic E-state index is 10.8. The molecule has 1 atom stereocenters. The molecule has 3 N–H and O–H groups in total. The smallest absolute Gasteiger partial charge is 0.324 e. The molecule has 0 saturated heterocycles. The topological polar surface area (TPSA) is 116 Å². The minimum absolute atomic E-state index is 0.110. The van der Waals surface area contributed by atoms with Crippen LogP contribution < -0.4 is 10.5 Å². The van der Waals surface area contributed by atoms with Crippen molar-refractivity contribution >= 4 is 39.2 Å². The minimum atomic E-state index is -1.27. The first-order chi connectivity index (χ1) is 8.32. The molecule has 0 aliphatic heterocycles. The van der Waals surface area contributed by atoms with Gasteiger partial charge < -0.3 is 15.6 Å². The molecule has 1 aromatic rings. The number of carboxylic acids is 1. The summed E-state index contributed by atoms with van der Waals surface area (Å²) < 4.78 is 5.30. The molecule has 0 aliphatic carbocycles. The van der Waals surface area contributed by atoms with Gasteiger partial charge in [-0.3, -0.25) is 14.9 Å². The molecule has 0 heterocycles. The second-order valence-electron chi connectivity index (χ2n) is 3.25. The first-order valence-electron chi connectivity index (χ1n) is 4.57. The van der Waals surface area contributed by atoms with E-state index < -0.39 is 23.5 Å². The Bertz CT molecular complexity index is 496. The Labute approximate surface area is 115 Å². The van der Waals surface area contributed by atoms with Crippen LogP contribution >= 0.6 is 27.5 Å². The summed E-state index contributed by atoms with van der Waals surface area (Å²) in [4.78, 5) is 20.6. The van der Waals surface area contributed by atoms with E-state index >= 15 is 0 Å². The molecule has 0 aromatic heterocycles. The molecule has 18 heavy (non-hydrogen) atoms. The van der Waals surface area contributed by atoms with Crippen LogP contribution in [0, 0.1) is 10.1 Å². The largest absolute Gasteiger partial charge is 0.484 e. The van der Waals surface area contributed by atoms with E-state index in [1.54, 1.807) is 0 Å². The third-order valence-corrected chi connectivity index (χ3v) is 2.72. The van der Waals surface area contributed by atoms with Crippen molar-refractivity contribution in [3.63, 3.8) is 0 Å². The lowest BCUT2D eigenvalue weighted by atomic mass is 10.3. The second-order valence-corrected chi connectivity index (χ2v) is 4.54. The lowest BCUT2D eigenvalue weighted by molar-refractivity contribution is -0.385. The fourth-order valence-corrected chi connectivity index (χ4v) is 1.98. The molecule has 0 amide bonds. The molecule has 0 spiro atoms. The standard InChI is InChI=1S/C9H8BrClN2O5/c10-5-1-4(11)2-7(13(16)17)8(5)18-3-6(12)9(14)15/h1-2,6H,3,12H2,(H,14,15). The van der Waals surface area contributed by atoms with Crippen molar-refractivity contribution in [1.82, 2.24) is 0 Å². The molecule has 98 valence electrons. The molecule has 0 fully saturated rings. The Balaban J connectivity index is 3.00. The lowest BCUT2D eigenvalue weighted by Gasteiger charge is -2.11. The molecule has 9 heteroatoms. The van der Waals surface area contributed by atoms with Crippen LogP contribution in [0.2, 0.25) is 5.02 Å². The van der Waals surface area contributed by atoms with E-state index in [4.69, 9.17) is 27.2 Å². The molecule has 0 saturated carbocycles. The highest BCUT2D eigenvalue weighted by Crippen LogP contribution is 2.37. The number of carbonyl (C=O) groups is 1. The Morgan fingerprint density at radius 3 is 2.78 bits per heavy atom. The van der Waals surface area contributed by atoms with Crippen LogP contribution in [0.4, 0.5) is 5.69 Å². The van der Waals surface area contributed by atoms with Crippen LogP contribution in [-0.2, 0) is 4.79 Å². The zero-order valence-corrected chi connectivity index (χ0v) is 11.1. The quantitative estimate of drug-likeness (QED) is 0.624. The first-order valence-corrected chi connectivity index (χ1v) is 5.74. The van der Waals surface area contributed by atoms with E-state index in [1.807, 2.05) is 0 Å². The number of ether oxygens (including phenoxy) is 1. The van der Waals surface area contributed by atoms with Gasteiger partial charge in [-0.15, -0.1) is 0 Å². The van der Waals surface area contributed by atoms with Crippen molar-refractivity contribution in [3.05, 3.63) is 31.7 Å². The van der Waals surface area contributed by atoms with Crippen molar-refractivity contribution < 1.29 is 19.6 Å². The molecule has 0 aliphatic rings. The zero-order valence-electron chi connectivity index (χ0n) is 8.80. The molecule has 0 radical (unpaired) electrons. The highest BCUT2D eigenvalue weighted by molar-refractivity contribution is 9.10. The van der Waals surface area contributed by atoms with Gasteiger partial charge in [-0.2, -0.15) is 0 Å². The van der Waals surface area contributed by atoms with Crippen molar-refractivity contribution in [2.75, 3.05) is 6.61 Å². The summed E-state index contributed by atoms with van der Waals surface area (Å²) in [6.07, 6.45) is 0. The first kappa shape index (κ1) is 14.7. The third-order valence-electron chi connectivity index (χ3n) is 1.91. The fourth-order valence-electron chi connectivity index (χ4n) is 1.07. The highest BCUT2D eigenvalue weighted by atomic mass is 79.9. The van der Waals surface area contributed by atoms with Crippen LogP contribution in [-0.4, -0.2) is 28.6 Å². The maximum atomic E-state index is 10.8. The van der Waals surface area contributed by atoms with E-state index in [2.05, 4.69) is 15.9 Å². The number of nitrogens with two attached hydrogens (primary N) is 1. The van der Waals surface area contributed by atoms with E-state index in [9.17, 15) is 14.9 Å². The monoisotopic (exact) mass is 338 g/mol. The number of halogens is 2. The van der Waals surface area contributed by atoms with Crippen LogP contribution in [0.25, 0.3) is 0 Å². The SMILES string of the molecule is NC(COc1c(Br)cc(Cl)cc1[N+](=O)[O-])C(=O)O. The van der Waals surface area contributed by atoms with Crippen LogP contribution in [0.5, 0.6) is 5.75 Å². The van der Waals surface area contributed by atoms with Gasteiger partial charge in [-0.1, -0.05) is 11.6 Å². The van der Waals surface area contributed by atoms with E-state index in [0.29, 0.717) is 0 Å². The van der Waals surface area contributed by atoms with Gasteiger partial charge in [0.15, 0.2) is 0 Å². The van der Waals surface area contributed by atoms with Crippen molar-refractivity contribution in [2.24, 2.45) is 5.73 Å². The average molecular weight is 340 g/mol. The summed E-state index contributed by atoms with van der Waals surface area (Å²) in [5, 5.41) is 19.5. The Kier molecular flexibility index (Phi) is 4.88. The zero-order chi connectivity index (χ0) is 13.9. The minimum Gasteiger partial charge on any atom is -0.484 e. The number of aliphatic carboxylic acids is 1. The predicted octanol–water partition coefficient (Wildman–Crippen LogP) is 1.80. The summed E-state index contributed by atoms with van der Waals surface area (Å²) in [6, 6.07) is 1.23. The molecule has 0 bridgehead atoms. The Morgan fingerprint density at radius 2 is 2.28 bits per heavy atom. The van der Waals surface area contributed by atoms with Crippen LogP contribution in [0.1, 0.15) is 0 Å². The summed E-state index contributed by atoms with van der Waals surface area (Å²) >= 11 is 8.72. The Hall–Kier alpha value is -1.38. The number of nitro benzene ring substituents is 1. The molecule has 1 unspecified atom stereocenters. The summed E-state index contributed by atoms with van der Waals surface area (Å²) in [5.74, 6) is -1.37. The average Bonchev–Trinajstić information content (AvgIpc) is 2.26. The number of hydrogen-bond donors (Lipinski definition) is 2. The van der Waals surface area contributed by atoms with Gasteiger partial charge in [-0.25, -0.2) is 0 Å². The van der Waals surface area contributed by atoms with Crippen LogP contribution in [0.3, 0.4) is 0 Å². The van der Waals surface area contributed by atoms with Crippen molar-refractivity contribution in [2.45, 2.75) is 6.04 Å². The van der Waals surface area contributed by atoms with Gasteiger partial charge in [0, 0.05) is 11.1 Å². The summed E-state index contributed by atoms with van der Waals surface area (Å²) in [5.41, 5.74) is 4.87. The van der Waals surface area contributed by atoms with E-state index in [-0.39, 0.29) is 20.9 Å². The fraction of sp³-hybridized carbons (Fsp3) is 0.222. The van der Waals surface area contributed by atoms with Crippen molar-refractivity contribution in [1.29, 1.82) is 0 Å². The number of nitro groups is 1. The van der Waals surface area contributed by atoms with Gasteiger partial charge in [0.2, 0.25) is 5.75 Å². The van der Waals surface area contributed by atoms with E-state index in [0.717, 1.165) is 6.07 Å². The molecule has 7 nitrogen and oxygen atoms in total. The summed E-state index contributed by atoms with van der Waals surface area (Å²) in [7, 11) is 0. The maximum Gasteiger partial charge on any atom is 0.324 e. The van der Waals surface area contributed by atoms with Crippen LogP contribution in [0.15, 0.2) is 16.6 Å². The lowest BCUT2D eigenvalue weighted by Crippen LogP contribution is -2.36. The molecule has 1 rings (SSSR count). The third kappa shape index (κ3) is 3.56. The number of rotatable bonds is 5. The van der Waals surface area contributed by atoms with Gasteiger partial charge in [0.1, 0.15) is 12.6 Å². The molecular formula is C9H8BrClN2O5. The summed E-state index contributed by atoms with van der Waals surface area (Å²) in [6.45, 7) is -0.392. The number of benzene rings is 1. The Morgan fingerprint density at radius 1 is 1.67 bits per heavy atom. The number of nitrogens with zero attached hydrogens (tertiary/aromatic N) is 1. The van der Waals surface area contributed by atoms with E-state index in [1.165, 1.54) is 6.07 Å². The predicted molar refractivity (Wildman–Crippen MR) is 66.9 cm³/mol. The highest BCUT2D eigenvalue weighted by Gasteiger charge is 2.22. The van der Waals surface area contributed by atoms with Gasteiger partial charge in [0.25, 0.3) is 0 Å². The second kappa shape index (κ2) is 5.98. The van der Waals surface area contributed by atoms with Crippen molar-refractivity contribution in [3.8, 4) is 5.75 Å². The van der Waals surface area contributed by atoms with Gasteiger partial charge >= 0.3 is 11.7 Å². The normalized spacial score (nSPS) is 11.9. The molecular weight excluding hydrogens is 331 g/mol.